The third-order valence-corrected chi connectivity index (χ3v) is 3.46. The number of aliphatic hydroxyl groups excluding tert-OH is 1. The van der Waals surface area contributed by atoms with Gasteiger partial charge in [0, 0.05) is 7.11 Å². The second kappa shape index (κ2) is 5.09. The summed E-state index contributed by atoms with van der Waals surface area (Å²) in [7, 11) is 1.35. The van der Waals surface area contributed by atoms with E-state index in [1.54, 1.807) is 12.2 Å². The fourth-order valence-corrected chi connectivity index (χ4v) is 2.34. The molecule has 3 amide bonds. The molecule has 2 heterocycles. The number of alkyl halides is 1. The molecule has 7 nitrogen and oxygen atoms in total. The summed E-state index contributed by atoms with van der Waals surface area (Å²) in [5.41, 5.74) is 0. The molecule has 8 heteroatoms. The fraction of sp³-hybridized carbons (Fsp3) is 0.636. The molecule has 106 valence electrons. The molecule has 0 aromatic rings. The number of rotatable bonds is 3. The van der Waals surface area contributed by atoms with E-state index in [1.165, 1.54) is 18.9 Å². The van der Waals surface area contributed by atoms with E-state index < -0.39 is 35.4 Å². The summed E-state index contributed by atoms with van der Waals surface area (Å²) in [6.07, 6.45) is 1.03. The molecule has 0 radical (unpaired) electrons. The maximum atomic E-state index is 11.9. The lowest BCUT2D eigenvalue weighted by atomic mass is 10.0. The van der Waals surface area contributed by atoms with Crippen LogP contribution >= 0.6 is 11.6 Å². The lowest BCUT2D eigenvalue weighted by Crippen LogP contribution is -2.69. The van der Waals surface area contributed by atoms with Gasteiger partial charge in [0.05, 0.1) is 6.61 Å². The third-order valence-electron chi connectivity index (χ3n) is 3.10. The standard InChI is InChI=1S/C11H15ClN2O5/c1-11(12)8(16)13-10(17)14(9(11)18-2)7-4-3-6(5-15)19-7/h3-4,6-7,9,15H,5H2,1-2H3,(H,13,16,17)/t6-,7+,9?,11?/m0/s1. The highest BCUT2D eigenvalue weighted by atomic mass is 35.5. The smallest absolute Gasteiger partial charge is 0.328 e. The van der Waals surface area contributed by atoms with Crippen LogP contribution in [0.4, 0.5) is 4.79 Å². The number of halogens is 1. The minimum atomic E-state index is -1.42. The Bertz CT molecular complexity index is 425. The van der Waals surface area contributed by atoms with E-state index in [-0.39, 0.29) is 6.61 Å². The van der Waals surface area contributed by atoms with Crippen molar-refractivity contribution in [3.8, 4) is 0 Å². The number of carbonyl (C=O) groups excluding carboxylic acids is 2. The fourth-order valence-electron chi connectivity index (χ4n) is 2.10. The molecule has 19 heavy (non-hydrogen) atoms. The van der Waals surface area contributed by atoms with Crippen molar-refractivity contribution in [3.63, 3.8) is 0 Å². The Labute approximate surface area is 115 Å². The summed E-state index contributed by atoms with van der Waals surface area (Å²) in [4.78, 5) is 23.4. The number of hydrogen-bond donors (Lipinski definition) is 2. The zero-order valence-electron chi connectivity index (χ0n) is 10.5. The highest BCUT2D eigenvalue weighted by Crippen LogP contribution is 2.32. The molecule has 2 aliphatic heterocycles. The number of nitrogens with one attached hydrogen (secondary N) is 1. The lowest BCUT2D eigenvalue weighted by Gasteiger charge is -2.44. The van der Waals surface area contributed by atoms with Crippen molar-refractivity contribution >= 4 is 23.5 Å². The average Bonchev–Trinajstić information content (AvgIpc) is 2.81. The second-order valence-corrected chi connectivity index (χ2v) is 5.25. The van der Waals surface area contributed by atoms with Gasteiger partial charge < -0.3 is 14.6 Å². The Morgan fingerprint density at radius 2 is 2.26 bits per heavy atom. The van der Waals surface area contributed by atoms with Gasteiger partial charge in [0.25, 0.3) is 5.91 Å². The van der Waals surface area contributed by atoms with E-state index in [9.17, 15) is 9.59 Å². The van der Waals surface area contributed by atoms with Crippen LogP contribution in [-0.2, 0) is 14.3 Å². The lowest BCUT2D eigenvalue weighted by molar-refractivity contribution is -0.150. The average molecular weight is 291 g/mol. The molecule has 2 N–H and O–H groups in total. The van der Waals surface area contributed by atoms with Crippen LogP contribution in [0.1, 0.15) is 6.92 Å². The number of ether oxygens (including phenoxy) is 2. The Morgan fingerprint density at radius 1 is 1.58 bits per heavy atom. The summed E-state index contributed by atoms with van der Waals surface area (Å²) in [6.45, 7) is 1.26. The maximum absolute atomic E-state index is 11.9. The number of urea groups is 1. The van der Waals surface area contributed by atoms with Crippen LogP contribution in [0.15, 0.2) is 12.2 Å². The predicted molar refractivity (Wildman–Crippen MR) is 65.3 cm³/mol. The third kappa shape index (κ3) is 2.34. The zero-order chi connectivity index (χ0) is 14.2. The first-order valence-electron chi connectivity index (χ1n) is 5.72. The molecule has 2 unspecified atom stereocenters. The molecule has 4 atom stereocenters. The zero-order valence-corrected chi connectivity index (χ0v) is 11.3. The van der Waals surface area contributed by atoms with Crippen molar-refractivity contribution in [2.24, 2.45) is 0 Å². The van der Waals surface area contributed by atoms with Crippen LogP contribution in [0, 0.1) is 0 Å². The minimum absolute atomic E-state index is 0.197. The van der Waals surface area contributed by atoms with Gasteiger partial charge in [0.1, 0.15) is 6.10 Å². The van der Waals surface area contributed by atoms with Crippen LogP contribution in [0.3, 0.4) is 0 Å². The molecular weight excluding hydrogens is 276 g/mol. The quantitative estimate of drug-likeness (QED) is 0.554. The molecule has 0 aromatic heterocycles. The number of nitrogens with zero attached hydrogens (tertiary/aromatic N) is 1. The van der Waals surface area contributed by atoms with Crippen molar-refractivity contribution in [2.75, 3.05) is 13.7 Å². The minimum Gasteiger partial charge on any atom is -0.393 e. The first kappa shape index (κ1) is 14.3. The Hall–Kier alpha value is -1.15. The highest BCUT2D eigenvalue weighted by Gasteiger charge is 2.52. The van der Waals surface area contributed by atoms with E-state index >= 15 is 0 Å². The maximum Gasteiger partial charge on any atom is 0.328 e. The SMILES string of the molecule is COC1N([C@H]2C=C[C@@H](CO)O2)C(=O)NC(=O)C1(C)Cl. The molecule has 2 rings (SSSR count). The number of hydrogen-bond acceptors (Lipinski definition) is 5. The van der Waals surface area contributed by atoms with Gasteiger partial charge in [-0.15, -0.1) is 11.6 Å². The second-order valence-electron chi connectivity index (χ2n) is 4.46. The van der Waals surface area contributed by atoms with Crippen LogP contribution in [0.2, 0.25) is 0 Å². The highest BCUT2D eigenvalue weighted by molar-refractivity contribution is 6.36. The van der Waals surface area contributed by atoms with Crippen molar-refractivity contribution in [1.29, 1.82) is 0 Å². The molecule has 2 aliphatic rings. The van der Waals surface area contributed by atoms with E-state index in [2.05, 4.69) is 5.32 Å². The summed E-state index contributed by atoms with van der Waals surface area (Å²) < 4.78 is 10.6. The monoisotopic (exact) mass is 290 g/mol. The number of amides is 3. The normalized spacial score (nSPS) is 38.7. The molecule has 0 aliphatic carbocycles. The van der Waals surface area contributed by atoms with Gasteiger partial charge >= 0.3 is 6.03 Å². The van der Waals surface area contributed by atoms with Gasteiger partial charge in [-0.2, -0.15) is 0 Å². The summed E-state index contributed by atoms with van der Waals surface area (Å²) in [6, 6.07) is -0.650. The first-order valence-corrected chi connectivity index (χ1v) is 6.09. The van der Waals surface area contributed by atoms with Gasteiger partial charge in [0.15, 0.2) is 17.3 Å². The first-order chi connectivity index (χ1) is 8.91. The van der Waals surface area contributed by atoms with Gasteiger partial charge in [0.2, 0.25) is 0 Å². The largest absolute Gasteiger partial charge is 0.393 e. The number of methoxy groups -OCH3 is 1. The number of carbonyl (C=O) groups is 2. The van der Waals surface area contributed by atoms with E-state index in [0.29, 0.717) is 0 Å². The Balaban J connectivity index is 2.25. The van der Waals surface area contributed by atoms with Gasteiger partial charge in [-0.3, -0.25) is 15.0 Å². The van der Waals surface area contributed by atoms with E-state index in [4.69, 9.17) is 26.2 Å². The van der Waals surface area contributed by atoms with Crippen LogP contribution in [0.25, 0.3) is 0 Å². The number of imide groups is 1. The van der Waals surface area contributed by atoms with E-state index in [1.807, 2.05) is 0 Å². The van der Waals surface area contributed by atoms with Crippen molar-refractivity contribution in [1.82, 2.24) is 10.2 Å². The van der Waals surface area contributed by atoms with E-state index in [0.717, 1.165) is 0 Å². The summed E-state index contributed by atoms with van der Waals surface area (Å²) >= 11 is 6.14. The molecular formula is C11H15ClN2O5. The van der Waals surface area contributed by atoms with Crippen molar-refractivity contribution in [3.05, 3.63) is 12.2 Å². The van der Waals surface area contributed by atoms with Gasteiger partial charge in [-0.1, -0.05) is 6.08 Å². The predicted octanol–water partition coefficient (Wildman–Crippen LogP) is -0.218. The Morgan fingerprint density at radius 3 is 2.79 bits per heavy atom. The molecule has 0 spiro atoms. The molecule has 1 fully saturated rings. The Kier molecular flexibility index (Phi) is 3.82. The summed E-state index contributed by atoms with van der Waals surface area (Å²) in [5, 5.41) is 11.2. The van der Waals surface area contributed by atoms with Crippen LogP contribution < -0.4 is 5.32 Å². The molecule has 0 aromatic carbocycles. The van der Waals surface area contributed by atoms with Crippen LogP contribution in [0.5, 0.6) is 0 Å². The van der Waals surface area contributed by atoms with Gasteiger partial charge in [-0.25, -0.2) is 4.79 Å². The molecule has 0 saturated carbocycles. The van der Waals surface area contributed by atoms with Crippen LogP contribution in [-0.4, -0.2) is 59.1 Å². The van der Waals surface area contributed by atoms with Gasteiger partial charge in [-0.05, 0) is 13.0 Å². The van der Waals surface area contributed by atoms with Crippen molar-refractivity contribution < 1.29 is 24.2 Å². The molecule has 0 bridgehead atoms. The number of aliphatic hydroxyl groups is 1. The topological polar surface area (TPSA) is 88.1 Å². The molecule has 1 saturated heterocycles. The summed E-state index contributed by atoms with van der Waals surface area (Å²) in [5.74, 6) is -0.622. The van der Waals surface area contributed by atoms with Crippen molar-refractivity contribution in [2.45, 2.75) is 30.4 Å².